The van der Waals surface area contributed by atoms with Crippen molar-refractivity contribution < 1.29 is 41.1 Å². The van der Waals surface area contributed by atoms with E-state index in [9.17, 15) is 13.2 Å². The maximum atomic E-state index is 12.2. The third kappa shape index (κ3) is 4.11. The number of fused-ring (bicyclic) bond motifs is 2. The molecule has 2 aliphatic heterocycles. The van der Waals surface area contributed by atoms with Gasteiger partial charge in [0.15, 0.2) is 6.29 Å². The Hall–Kier alpha value is -1.76. The molecule has 11 heteroatoms. The van der Waals surface area contributed by atoms with Gasteiger partial charge in [-0.25, -0.2) is 5.14 Å². The molecule has 7 atom stereocenters. The van der Waals surface area contributed by atoms with Gasteiger partial charge in [-0.05, 0) is 19.1 Å². The summed E-state index contributed by atoms with van der Waals surface area (Å²) in [4.78, 5) is 12.2. The molecule has 29 heavy (non-hydrogen) atoms. The van der Waals surface area contributed by atoms with Gasteiger partial charge in [-0.15, -0.1) is 0 Å². The van der Waals surface area contributed by atoms with Gasteiger partial charge in [0.2, 0.25) is 0 Å². The summed E-state index contributed by atoms with van der Waals surface area (Å²) in [5.74, 6) is -0.938. The second-order valence-electron chi connectivity index (χ2n) is 7.09. The second-order valence-corrected chi connectivity index (χ2v) is 8.27. The van der Waals surface area contributed by atoms with Crippen molar-refractivity contribution in [3.8, 4) is 5.75 Å². The fourth-order valence-electron chi connectivity index (χ4n) is 3.98. The molecule has 2 N–H and O–H groups in total. The minimum Gasteiger partial charge on any atom is -0.497 e. The van der Waals surface area contributed by atoms with Gasteiger partial charge in [0.1, 0.15) is 24.1 Å². The molecule has 3 fully saturated rings. The molecule has 0 spiro atoms. The van der Waals surface area contributed by atoms with Crippen LogP contribution in [-0.2, 0) is 38.2 Å². The molecule has 160 valence electrons. The highest BCUT2D eigenvalue weighted by atomic mass is 32.2. The van der Waals surface area contributed by atoms with Gasteiger partial charge >= 0.3 is 16.3 Å². The summed E-state index contributed by atoms with van der Waals surface area (Å²) in [6, 6.07) is 7.09. The summed E-state index contributed by atoms with van der Waals surface area (Å²) in [6.07, 6.45) is -3.64. The summed E-state index contributed by atoms with van der Waals surface area (Å²) >= 11 is 0. The largest absolute Gasteiger partial charge is 0.497 e. The van der Waals surface area contributed by atoms with Crippen LogP contribution >= 0.6 is 0 Å². The molecule has 10 nitrogen and oxygen atoms in total. The highest BCUT2D eigenvalue weighted by molar-refractivity contribution is 7.84. The Morgan fingerprint density at radius 2 is 1.93 bits per heavy atom. The van der Waals surface area contributed by atoms with Crippen molar-refractivity contribution in [2.24, 2.45) is 17.0 Å². The Kier molecular flexibility index (Phi) is 5.53. The Morgan fingerprint density at radius 3 is 2.55 bits per heavy atom. The highest BCUT2D eigenvalue weighted by Gasteiger charge is 2.68. The van der Waals surface area contributed by atoms with Crippen molar-refractivity contribution in [3.05, 3.63) is 29.8 Å². The summed E-state index contributed by atoms with van der Waals surface area (Å²) < 4.78 is 56.4. The first-order valence-electron chi connectivity index (χ1n) is 9.26. The summed E-state index contributed by atoms with van der Waals surface area (Å²) in [7, 11) is -2.71. The number of carbonyl (C=O) groups excluding carboxylic acids is 1. The van der Waals surface area contributed by atoms with Gasteiger partial charge in [-0.2, -0.15) is 8.42 Å². The summed E-state index contributed by atoms with van der Waals surface area (Å²) in [6.45, 7) is 2.05. The van der Waals surface area contributed by atoms with Crippen molar-refractivity contribution in [2.45, 2.75) is 37.6 Å². The number of hydrogen-bond acceptors (Lipinski definition) is 9. The van der Waals surface area contributed by atoms with Crippen LogP contribution in [0.5, 0.6) is 5.75 Å². The first kappa shape index (κ1) is 20.5. The summed E-state index contributed by atoms with van der Waals surface area (Å²) in [5, 5.41) is 5.12. The van der Waals surface area contributed by atoms with Crippen LogP contribution in [0.25, 0.3) is 0 Å². The molecular formula is C18H23NO9S. The van der Waals surface area contributed by atoms with Crippen LogP contribution in [-0.4, -0.2) is 59.1 Å². The van der Waals surface area contributed by atoms with Gasteiger partial charge < -0.3 is 23.7 Å². The van der Waals surface area contributed by atoms with Crippen LogP contribution < -0.4 is 9.88 Å². The van der Waals surface area contributed by atoms with Crippen LogP contribution in [0.3, 0.4) is 0 Å². The van der Waals surface area contributed by atoms with E-state index in [1.807, 2.05) is 0 Å². The lowest BCUT2D eigenvalue weighted by Gasteiger charge is -2.42. The SMILES string of the molecule is CCOC(=O)C1C2O[C@@H]3COC(c4ccc(OC)cc4)O[C@H]3[C@H](OS(N)(=O)=O)C21. The van der Waals surface area contributed by atoms with E-state index in [-0.39, 0.29) is 13.2 Å². The molecule has 1 aromatic rings. The lowest BCUT2D eigenvalue weighted by atomic mass is 9.99. The van der Waals surface area contributed by atoms with Crippen molar-refractivity contribution in [2.75, 3.05) is 20.3 Å². The smallest absolute Gasteiger partial charge is 0.333 e. The standard InChI is InChI=1S/C18H23NO9S/c1-3-24-17(20)13-12-15(13)26-11-8-25-18(9-4-6-10(23-2)7-5-9)27-14(11)16(12)28-29(19,21)22/h4-7,11-16,18H,3,8H2,1-2H3,(H2,19,21,22)/t11-,12?,13?,14-,15?,16-,18?/m1/s1. The quantitative estimate of drug-likeness (QED) is 0.633. The fraction of sp³-hybridized carbons (Fsp3) is 0.611. The van der Waals surface area contributed by atoms with Gasteiger partial charge in [-0.1, -0.05) is 12.1 Å². The lowest BCUT2D eigenvalue weighted by molar-refractivity contribution is -0.297. The van der Waals surface area contributed by atoms with Gasteiger partial charge in [-0.3, -0.25) is 8.98 Å². The third-order valence-corrected chi connectivity index (χ3v) is 5.78. The zero-order valence-corrected chi connectivity index (χ0v) is 16.7. The molecule has 0 bridgehead atoms. The third-order valence-electron chi connectivity index (χ3n) is 5.29. The monoisotopic (exact) mass is 429 g/mol. The van der Waals surface area contributed by atoms with E-state index >= 15 is 0 Å². The molecule has 1 aromatic carbocycles. The molecule has 3 aliphatic rings. The predicted molar refractivity (Wildman–Crippen MR) is 96.8 cm³/mol. The maximum absolute atomic E-state index is 12.2. The molecular weight excluding hydrogens is 406 g/mol. The molecule has 2 heterocycles. The summed E-state index contributed by atoms with van der Waals surface area (Å²) in [5.41, 5.74) is 0.721. The molecule has 4 rings (SSSR count). The first-order chi connectivity index (χ1) is 13.8. The van der Waals surface area contributed by atoms with Gasteiger partial charge in [0.25, 0.3) is 0 Å². The number of nitrogens with two attached hydrogens (primary N) is 1. The molecule has 1 saturated carbocycles. The van der Waals surface area contributed by atoms with Crippen molar-refractivity contribution in [3.63, 3.8) is 0 Å². The van der Waals surface area contributed by atoms with E-state index in [0.717, 1.165) is 5.56 Å². The fourth-order valence-corrected chi connectivity index (χ4v) is 4.53. The number of benzene rings is 1. The number of methoxy groups -OCH3 is 1. The first-order valence-corrected chi connectivity index (χ1v) is 10.7. The molecule has 0 amide bonds. The zero-order chi connectivity index (χ0) is 20.8. The molecule has 1 aliphatic carbocycles. The van der Waals surface area contributed by atoms with Crippen LogP contribution in [0.15, 0.2) is 24.3 Å². The number of ether oxygens (including phenoxy) is 5. The van der Waals surface area contributed by atoms with E-state index in [0.29, 0.717) is 5.75 Å². The Balaban J connectivity index is 1.56. The Morgan fingerprint density at radius 1 is 1.21 bits per heavy atom. The van der Waals surface area contributed by atoms with Crippen molar-refractivity contribution in [1.29, 1.82) is 0 Å². The van der Waals surface area contributed by atoms with Crippen LogP contribution in [0.1, 0.15) is 18.8 Å². The van der Waals surface area contributed by atoms with Crippen LogP contribution in [0.2, 0.25) is 0 Å². The topological polar surface area (TPSA) is 133 Å². The van der Waals surface area contributed by atoms with E-state index in [4.69, 9.17) is 33.0 Å². The predicted octanol–water partition coefficient (Wildman–Crippen LogP) is 0.274. The Labute approximate surface area is 168 Å². The minimum absolute atomic E-state index is 0.143. The highest BCUT2D eigenvalue weighted by Crippen LogP contribution is 2.53. The molecule has 4 unspecified atom stereocenters. The molecule has 2 saturated heterocycles. The number of rotatable bonds is 6. The number of carbonyl (C=O) groups is 1. The average Bonchev–Trinajstić information content (AvgIpc) is 3.41. The van der Waals surface area contributed by atoms with Crippen molar-refractivity contribution >= 4 is 16.3 Å². The van der Waals surface area contributed by atoms with Gasteiger partial charge in [0, 0.05) is 11.5 Å². The zero-order valence-electron chi connectivity index (χ0n) is 15.9. The van der Waals surface area contributed by atoms with Crippen molar-refractivity contribution in [1.82, 2.24) is 0 Å². The number of esters is 1. The van der Waals surface area contributed by atoms with Gasteiger partial charge in [0.05, 0.1) is 32.3 Å². The van der Waals surface area contributed by atoms with Crippen LogP contribution in [0, 0.1) is 11.8 Å². The normalized spacial score (nSPS) is 35.9. The van der Waals surface area contributed by atoms with Crippen LogP contribution in [0.4, 0.5) is 0 Å². The van der Waals surface area contributed by atoms with E-state index in [1.54, 1.807) is 38.3 Å². The van der Waals surface area contributed by atoms with E-state index in [2.05, 4.69) is 0 Å². The second kappa shape index (κ2) is 7.82. The van der Waals surface area contributed by atoms with E-state index < -0.39 is 58.8 Å². The maximum Gasteiger partial charge on any atom is 0.333 e. The Bertz CT molecular complexity index is 859. The molecule has 0 aromatic heterocycles. The average molecular weight is 429 g/mol. The minimum atomic E-state index is -4.28. The lowest BCUT2D eigenvalue weighted by Crippen LogP contribution is -2.54. The number of hydrogen-bond donors (Lipinski definition) is 1. The van der Waals surface area contributed by atoms with E-state index in [1.165, 1.54) is 0 Å². The molecule has 0 radical (unpaired) electrons.